The average Bonchev–Trinajstić information content (AvgIpc) is 2.81. The third kappa shape index (κ3) is 6.69. The zero-order chi connectivity index (χ0) is 21.0. The molecule has 150 valence electrons. The van der Waals surface area contributed by atoms with Gasteiger partial charge in [-0.2, -0.15) is 5.10 Å². The molecular weight excluding hydrogens is 383 g/mol. The van der Waals surface area contributed by atoms with E-state index in [0.717, 1.165) is 5.56 Å². The Labute approximate surface area is 181 Å². The van der Waals surface area contributed by atoms with E-state index in [4.69, 9.17) is 0 Å². The van der Waals surface area contributed by atoms with E-state index in [9.17, 15) is 0 Å². The second kappa shape index (κ2) is 11.7. The molecule has 0 N–H and O–H groups in total. The summed E-state index contributed by atoms with van der Waals surface area (Å²) in [4.78, 5) is 0. The molecule has 4 aromatic carbocycles. The Morgan fingerprint density at radius 3 is 1.20 bits per heavy atom. The van der Waals surface area contributed by atoms with Crippen LogP contribution in [-0.4, -0.2) is 25.3 Å². The van der Waals surface area contributed by atoms with E-state index in [1.807, 2.05) is 50.6 Å². The minimum absolute atomic E-state index is 0.446. The van der Waals surface area contributed by atoms with Crippen LogP contribution in [0.25, 0.3) is 0 Å². The van der Waals surface area contributed by atoms with Crippen LogP contribution in [-0.2, 0) is 0 Å². The van der Waals surface area contributed by atoms with Crippen molar-refractivity contribution in [2.24, 2.45) is 5.10 Å². The van der Waals surface area contributed by atoms with E-state index >= 15 is 0 Å². The summed E-state index contributed by atoms with van der Waals surface area (Å²) in [6.45, 7) is 0. The van der Waals surface area contributed by atoms with Gasteiger partial charge in [0.05, 0.1) is 6.21 Å². The van der Waals surface area contributed by atoms with Gasteiger partial charge < -0.3 is 5.01 Å². The third-order valence-electron chi connectivity index (χ3n) is 4.28. The maximum atomic E-state index is 4.10. The molecule has 0 aliphatic carbocycles. The van der Waals surface area contributed by atoms with Gasteiger partial charge in [0.25, 0.3) is 0 Å². The van der Waals surface area contributed by atoms with Gasteiger partial charge >= 0.3 is 0 Å². The maximum Gasteiger partial charge on any atom is 0.0542 e. The number of benzene rings is 4. The first-order valence-corrected chi connectivity index (χ1v) is 11.3. The lowest BCUT2D eigenvalue weighted by Crippen LogP contribution is -2.20. The van der Waals surface area contributed by atoms with Gasteiger partial charge in [0.15, 0.2) is 0 Å². The van der Waals surface area contributed by atoms with Gasteiger partial charge in [0.2, 0.25) is 0 Å². The van der Waals surface area contributed by atoms with Gasteiger partial charge in [-0.15, -0.1) is 0 Å². The van der Waals surface area contributed by atoms with Crippen molar-refractivity contribution >= 4 is 30.0 Å². The van der Waals surface area contributed by atoms with E-state index in [0.29, 0.717) is 0 Å². The normalized spacial score (nSPS) is 10.5. The molecule has 0 amide bonds. The molecule has 0 atom stereocenters. The quantitative estimate of drug-likeness (QED) is 0.256. The van der Waals surface area contributed by atoms with Crippen molar-refractivity contribution in [3.63, 3.8) is 0 Å². The molecule has 0 aliphatic rings. The zero-order valence-corrected chi connectivity index (χ0v) is 18.4. The summed E-state index contributed by atoms with van der Waals surface area (Å²) in [6.07, 6.45) is 1.83. The van der Waals surface area contributed by atoms with E-state index in [1.165, 1.54) is 15.9 Å². The summed E-state index contributed by atoms with van der Waals surface area (Å²) in [5, 5.41) is 10.1. The van der Waals surface area contributed by atoms with Crippen LogP contribution < -0.4 is 15.9 Å². The molecule has 4 rings (SSSR count). The van der Waals surface area contributed by atoms with Gasteiger partial charge in [-0.1, -0.05) is 121 Å². The molecule has 0 unspecified atom stereocenters. The van der Waals surface area contributed by atoms with Gasteiger partial charge in [-0.05, 0) is 29.4 Å². The Morgan fingerprint density at radius 1 is 0.533 bits per heavy atom. The van der Waals surface area contributed by atoms with Crippen LogP contribution >= 0.6 is 7.92 Å². The summed E-state index contributed by atoms with van der Waals surface area (Å²) in [6, 6.07) is 42.4. The molecule has 0 radical (unpaired) electrons. The summed E-state index contributed by atoms with van der Waals surface area (Å²) in [5.74, 6) is 0. The lowest BCUT2D eigenvalue weighted by atomic mass is 10.2. The van der Waals surface area contributed by atoms with E-state index in [-0.39, 0.29) is 0 Å². The van der Waals surface area contributed by atoms with Gasteiger partial charge in [0, 0.05) is 14.1 Å². The molecule has 2 nitrogen and oxygen atoms in total. The lowest BCUT2D eigenvalue weighted by Gasteiger charge is -2.18. The first kappa shape index (κ1) is 21.5. The Kier molecular flexibility index (Phi) is 8.38. The molecule has 0 heterocycles. The number of hydrogen-bond donors (Lipinski definition) is 0. The molecule has 3 heteroatoms. The second-order valence-electron chi connectivity index (χ2n) is 6.84. The molecule has 0 saturated carbocycles. The summed E-state index contributed by atoms with van der Waals surface area (Å²) in [7, 11) is 3.36. The van der Waals surface area contributed by atoms with Crippen LogP contribution in [0.4, 0.5) is 0 Å². The van der Waals surface area contributed by atoms with Crippen molar-refractivity contribution in [1.82, 2.24) is 5.01 Å². The maximum absolute atomic E-state index is 4.10. The molecule has 0 aromatic heterocycles. The lowest BCUT2D eigenvalue weighted by molar-refractivity contribution is 0.440. The van der Waals surface area contributed by atoms with Crippen molar-refractivity contribution in [3.8, 4) is 0 Å². The smallest absolute Gasteiger partial charge is 0.0542 e. The summed E-state index contributed by atoms with van der Waals surface area (Å²) in [5.41, 5.74) is 1.13. The minimum Gasteiger partial charge on any atom is -0.303 e. The largest absolute Gasteiger partial charge is 0.303 e. The van der Waals surface area contributed by atoms with Crippen LogP contribution in [0.3, 0.4) is 0 Å². The van der Waals surface area contributed by atoms with Gasteiger partial charge in [-0.3, -0.25) is 0 Å². The first-order valence-electron chi connectivity index (χ1n) is 9.95. The molecule has 0 aliphatic heterocycles. The predicted molar refractivity (Wildman–Crippen MR) is 133 cm³/mol. The monoisotopic (exact) mass is 410 g/mol. The molecule has 4 aromatic rings. The van der Waals surface area contributed by atoms with E-state index in [1.54, 1.807) is 5.01 Å². The Morgan fingerprint density at radius 2 is 0.867 bits per heavy atom. The van der Waals surface area contributed by atoms with Crippen molar-refractivity contribution in [2.45, 2.75) is 0 Å². The van der Waals surface area contributed by atoms with E-state index in [2.05, 4.69) is 96.1 Å². The molecule has 0 fully saturated rings. The number of hydrogen-bond acceptors (Lipinski definition) is 2. The van der Waals surface area contributed by atoms with Crippen molar-refractivity contribution in [2.75, 3.05) is 14.1 Å². The molecular formula is C27H27N2P. The predicted octanol–water partition coefficient (Wildman–Crippen LogP) is 5.03. The fraction of sp³-hybridized carbons (Fsp3) is 0.0741. The van der Waals surface area contributed by atoms with Crippen molar-refractivity contribution in [3.05, 3.63) is 127 Å². The standard InChI is InChI=1S/C18H15P.C9H12N2/c1-4-10-16(11-5-1)19(17-12-6-2-7-13-17)18-14-8-3-9-15-18;1-11(2)10-8-9-6-4-3-5-7-9/h1-15H;3-8H,1-2H3. The Bertz CT molecular complexity index is 908. The minimum atomic E-state index is -0.446. The second-order valence-corrected chi connectivity index (χ2v) is 9.06. The molecule has 0 spiro atoms. The number of rotatable bonds is 5. The van der Waals surface area contributed by atoms with Crippen LogP contribution in [0.2, 0.25) is 0 Å². The number of nitrogens with zero attached hydrogens (tertiary/aromatic N) is 2. The SMILES string of the molecule is CN(C)N=Cc1ccccc1.c1ccc(P(c2ccccc2)c2ccccc2)cc1. The van der Waals surface area contributed by atoms with Crippen LogP contribution in [0.1, 0.15) is 5.56 Å². The third-order valence-corrected chi connectivity index (χ3v) is 6.72. The highest BCUT2D eigenvalue weighted by Gasteiger charge is 2.14. The fourth-order valence-electron chi connectivity index (χ4n) is 2.90. The van der Waals surface area contributed by atoms with E-state index < -0.39 is 7.92 Å². The van der Waals surface area contributed by atoms with Crippen molar-refractivity contribution < 1.29 is 0 Å². The first-order chi connectivity index (χ1) is 14.7. The fourth-order valence-corrected chi connectivity index (χ4v) is 5.20. The summed E-state index contributed by atoms with van der Waals surface area (Å²) >= 11 is 0. The Balaban J connectivity index is 0.000000199. The molecule has 0 saturated heterocycles. The highest BCUT2D eigenvalue weighted by molar-refractivity contribution is 7.79. The Hall–Kier alpha value is -3.22. The van der Waals surface area contributed by atoms with Crippen LogP contribution in [0.5, 0.6) is 0 Å². The van der Waals surface area contributed by atoms with Gasteiger partial charge in [0.1, 0.15) is 0 Å². The highest BCUT2D eigenvalue weighted by atomic mass is 31.1. The average molecular weight is 411 g/mol. The van der Waals surface area contributed by atoms with Gasteiger partial charge in [-0.25, -0.2) is 0 Å². The van der Waals surface area contributed by atoms with Crippen molar-refractivity contribution in [1.29, 1.82) is 0 Å². The summed E-state index contributed by atoms with van der Waals surface area (Å²) < 4.78 is 0. The van der Waals surface area contributed by atoms with Crippen LogP contribution in [0, 0.1) is 0 Å². The number of hydrazone groups is 1. The highest BCUT2D eigenvalue weighted by Crippen LogP contribution is 2.32. The van der Waals surface area contributed by atoms with Crippen LogP contribution in [0.15, 0.2) is 126 Å². The molecule has 30 heavy (non-hydrogen) atoms. The zero-order valence-electron chi connectivity index (χ0n) is 17.5. The molecule has 0 bridgehead atoms. The topological polar surface area (TPSA) is 15.6 Å².